The largest absolute Gasteiger partial charge is 0.497 e. The average molecular weight is 524 g/mol. The smallest absolute Gasteiger partial charge is 0.264 e. The number of hydrogen-bond donors (Lipinski definition) is 1. The molecule has 0 bridgehead atoms. The summed E-state index contributed by atoms with van der Waals surface area (Å²) in [5.41, 5.74) is 2.14. The molecule has 0 saturated heterocycles. The zero-order chi connectivity index (χ0) is 27.0. The summed E-state index contributed by atoms with van der Waals surface area (Å²) in [6.45, 7) is 5.46. The van der Waals surface area contributed by atoms with Crippen molar-refractivity contribution < 1.29 is 22.7 Å². The second kappa shape index (κ2) is 12.4. The number of amides is 2. The number of ether oxygens (including phenoxy) is 1. The lowest BCUT2D eigenvalue weighted by molar-refractivity contribution is -0.139. The predicted molar refractivity (Wildman–Crippen MR) is 144 cm³/mol. The van der Waals surface area contributed by atoms with Crippen LogP contribution in [-0.4, -0.2) is 51.4 Å². The van der Waals surface area contributed by atoms with Crippen molar-refractivity contribution in [2.45, 2.75) is 38.3 Å². The van der Waals surface area contributed by atoms with E-state index in [2.05, 4.69) is 5.32 Å². The Kier molecular flexibility index (Phi) is 9.30. The molecule has 8 nitrogen and oxygen atoms in total. The quantitative estimate of drug-likeness (QED) is 0.413. The minimum atomic E-state index is -4.10. The SMILES string of the molecule is CCNC(=O)[C@@H](C)N(Cc1ccccc1C)C(=O)CN(c1ccc(OC)cc1)S(=O)(=O)c1ccccc1. The molecule has 1 atom stereocenters. The van der Waals surface area contributed by atoms with Crippen LogP contribution in [0.3, 0.4) is 0 Å². The molecule has 3 aromatic rings. The van der Waals surface area contributed by atoms with Gasteiger partial charge >= 0.3 is 0 Å². The van der Waals surface area contributed by atoms with Gasteiger partial charge in [0.1, 0.15) is 18.3 Å². The van der Waals surface area contributed by atoms with Gasteiger partial charge < -0.3 is 15.0 Å². The lowest BCUT2D eigenvalue weighted by Crippen LogP contribution is -2.51. The summed E-state index contributed by atoms with van der Waals surface area (Å²) in [6.07, 6.45) is 0. The molecule has 3 rings (SSSR count). The van der Waals surface area contributed by atoms with Gasteiger partial charge in [-0.3, -0.25) is 13.9 Å². The molecule has 0 saturated carbocycles. The molecule has 0 aliphatic carbocycles. The Hall–Kier alpha value is -3.85. The van der Waals surface area contributed by atoms with E-state index in [4.69, 9.17) is 4.74 Å². The maximum Gasteiger partial charge on any atom is 0.264 e. The molecular formula is C28H33N3O5S. The molecule has 0 aliphatic rings. The minimum Gasteiger partial charge on any atom is -0.497 e. The average Bonchev–Trinajstić information content (AvgIpc) is 2.91. The van der Waals surface area contributed by atoms with Gasteiger partial charge in [-0.15, -0.1) is 0 Å². The maximum absolute atomic E-state index is 13.8. The molecule has 0 heterocycles. The van der Waals surface area contributed by atoms with Crippen molar-refractivity contribution in [1.82, 2.24) is 10.2 Å². The van der Waals surface area contributed by atoms with Crippen molar-refractivity contribution in [2.24, 2.45) is 0 Å². The molecule has 0 spiro atoms. The fraction of sp³-hybridized carbons (Fsp3) is 0.286. The third-order valence-corrected chi connectivity index (χ3v) is 7.88. The van der Waals surface area contributed by atoms with E-state index < -0.39 is 28.5 Å². The second-order valence-electron chi connectivity index (χ2n) is 8.54. The van der Waals surface area contributed by atoms with Gasteiger partial charge in [0.05, 0.1) is 17.7 Å². The number of aryl methyl sites for hydroxylation is 1. The summed E-state index contributed by atoms with van der Waals surface area (Å²) in [4.78, 5) is 28.0. The standard InChI is InChI=1S/C28H33N3O5S/c1-5-29-28(33)22(3)30(19-23-12-10-9-11-21(23)2)27(32)20-31(24-15-17-25(36-4)18-16-24)37(34,35)26-13-7-6-8-14-26/h6-18,22H,5,19-20H2,1-4H3,(H,29,33)/t22-/m1/s1. The molecule has 3 aromatic carbocycles. The summed E-state index contributed by atoms with van der Waals surface area (Å²) in [5, 5.41) is 2.76. The van der Waals surface area contributed by atoms with E-state index >= 15 is 0 Å². The van der Waals surface area contributed by atoms with Crippen LogP contribution >= 0.6 is 0 Å². The number of benzene rings is 3. The van der Waals surface area contributed by atoms with Gasteiger partial charge in [-0.2, -0.15) is 0 Å². The first kappa shape index (κ1) is 27.7. The Balaban J connectivity index is 2.03. The zero-order valence-corrected chi connectivity index (χ0v) is 22.4. The number of carbonyl (C=O) groups is 2. The van der Waals surface area contributed by atoms with Crippen molar-refractivity contribution in [2.75, 3.05) is 24.5 Å². The van der Waals surface area contributed by atoms with Crippen molar-refractivity contribution >= 4 is 27.5 Å². The molecule has 1 N–H and O–H groups in total. The third-order valence-electron chi connectivity index (χ3n) is 6.09. The van der Waals surface area contributed by atoms with Crippen LogP contribution in [0.4, 0.5) is 5.69 Å². The molecule has 196 valence electrons. The number of nitrogens with one attached hydrogen (secondary N) is 1. The second-order valence-corrected chi connectivity index (χ2v) is 10.4. The first-order valence-corrected chi connectivity index (χ1v) is 13.5. The predicted octanol–water partition coefficient (Wildman–Crippen LogP) is 3.75. The topological polar surface area (TPSA) is 96.0 Å². The van der Waals surface area contributed by atoms with Crippen LogP contribution in [0.1, 0.15) is 25.0 Å². The highest BCUT2D eigenvalue weighted by Gasteiger charge is 2.32. The van der Waals surface area contributed by atoms with Crippen LogP contribution in [0.15, 0.2) is 83.8 Å². The number of rotatable bonds is 11. The van der Waals surface area contributed by atoms with Crippen molar-refractivity contribution in [3.8, 4) is 5.75 Å². The lowest BCUT2D eigenvalue weighted by Gasteiger charge is -2.32. The molecule has 37 heavy (non-hydrogen) atoms. The molecule has 2 amide bonds. The van der Waals surface area contributed by atoms with Gasteiger partial charge in [-0.25, -0.2) is 8.42 Å². The van der Waals surface area contributed by atoms with Crippen molar-refractivity contribution in [3.63, 3.8) is 0 Å². The minimum absolute atomic E-state index is 0.0563. The zero-order valence-electron chi connectivity index (χ0n) is 21.5. The third kappa shape index (κ3) is 6.68. The molecular weight excluding hydrogens is 490 g/mol. The first-order valence-electron chi connectivity index (χ1n) is 12.0. The lowest BCUT2D eigenvalue weighted by atomic mass is 10.1. The molecule has 0 radical (unpaired) electrons. The van der Waals surface area contributed by atoms with E-state index in [9.17, 15) is 18.0 Å². The Labute approximate surface area is 218 Å². The molecule has 0 aromatic heterocycles. The summed E-state index contributed by atoms with van der Waals surface area (Å²) in [6, 6.07) is 21.2. The number of anilines is 1. The highest BCUT2D eigenvalue weighted by molar-refractivity contribution is 7.92. The van der Waals surface area contributed by atoms with Crippen LogP contribution < -0.4 is 14.4 Å². The number of nitrogens with zero attached hydrogens (tertiary/aromatic N) is 2. The molecule has 0 unspecified atom stereocenters. The summed E-state index contributed by atoms with van der Waals surface area (Å²) in [5.74, 6) is -0.262. The van der Waals surface area contributed by atoms with Gasteiger partial charge in [-0.1, -0.05) is 42.5 Å². The molecule has 9 heteroatoms. The summed E-state index contributed by atoms with van der Waals surface area (Å²) >= 11 is 0. The van der Waals surface area contributed by atoms with Gasteiger partial charge in [0.25, 0.3) is 10.0 Å². The van der Waals surface area contributed by atoms with Crippen LogP contribution in [0, 0.1) is 6.92 Å². The number of hydrogen-bond acceptors (Lipinski definition) is 5. The van der Waals surface area contributed by atoms with E-state index in [1.165, 1.54) is 24.1 Å². The Bertz CT molecular complexity index is 1310. The van der Waals surface area contributed by atoms with Crippen molar-refractivity contribution in [1.29, 1.82) is 0 Å². The molecule has 0 fully saturated rings. The van der Waals surface area contributed by atoms with Crippen LogP contribution in [0.2, 0.25) is 0 Å². The number of carbonyl (C=O) groups excluding carboxylic acids is 2. The van der Waals surface area contributed by atoms with E-state index in [1.54, 1.807) is 56.3 Å². The first-order chi connectivity index (χ1) is 17.7. The normalized spacial score (nSPS) is 11.9. The maximum atomic E-state index is 13.8. The van der Waals surface area contributed by atoms with Crippen LogP contribution in [0.5, 0.6) is 5.75 Å². The Morgan fingerprint density at radius 1 is 0.946 bits per heavy atom. The Morgan fingerprint density at radius 3 is 2.16 bits per heavy atom. The van der Waals surface area contributed by atoms with Gasteiger partial charge in [0, 0.05) is 13.1 Å². The number of methoxy groups -OCH3 is 1. The van der Waals surface area contributed by atoms with E-state index in [0.29, 0.717) is 18.0 Å². The number of likely N-dealkylation sites (N-methyl/N-ethyl adjacent to an activating group) is 1. The highest BCUT2D eigenvalue weighted by Crippen LogP contribution is 2.26. The summed E-state index contributed by atoms with van der Waals surface area (Å²) in [7, 11) is -2.58. The van der Waals surface area contributed by atoms with Gasteiger partial charge in [0.2, 0.25) is 11.8 Å². The molecule has 0 aliphatic heterocycles. The van der Waals surface area contributed by atoms with Gasteiger partial charge in [0.15, 0.2) is 0 Å². The fourth-order valence-electron chi connectivity index (χ4n) is 3.87. The van der Waals surface area contributed by atoms with E-state index in [0.717, 1.165) is 15.4 Å². The van der Waals surface area contributed by atoms with Crippen LogP contribution in [-0.2, 0) is 26.2 Å². The summed E-state index contributed by atoms with van der Waals surface area (Å²) < 4.78 is 33.7. The Morgan fingerprint density at radius 2 is 1.57 bits per heavy atom. The number of sulfonamides is 1. The highest BCUT2D eigenvalue weighted by atomic mass is 32.2. The van der Waals surface area contributed by atoms with E-state index in [1.807, 2.05) is 31.2 Å². The monoisotopic (exact) mass is 523 g/mol. The van der Waals surface area contributed by atoms with Crippen molar-refractivity contribution in [3.05, 3.63) is 90.0 Å². The van der Waals surface area contributed by atoms with E-state index in [-0.39, 0.29) is 17.3 Å². The fourth-order valence-corrected chi connectivity index (χ4v) is 5.31. The van der Waals surface area contributed by atoms with Crippen LogP contribution in [0.25, 0.3) is 0 Å². The van der Waals surface area contributed by atoms with Gasteiger partial charge in [-0.05, 0) is 68.3 Å².